The van der Waals surface area contributed by atoms with E-state index >= 15 is 0 Å². The number of halogens is 3. The fourth-order valence-electron chi connectivity index (χ4n) is 1.87. The fourth-order valence-corrected chi connectivity index (χ4v) is 4.24. The van der Waals surface area contributed by atoms with Gasteiger partial charge in [-0.05, 0) is 99.7 Å². The van der Waals surface area contributed by atoms with Gasteiger partial charge in [-0.15, -0.1) is 0 Å². The minimum Gasteiger partial charge on any atom is -0.459 e. The van der Waals surface area contributed by atoms with E-state index in [9.17, 15) is 4.79 Å². The fraction of sp³-hybridized carbons (Fsp3) is 0.533. The molecule has 1 aromatic rings. The topological polar surface area (TPSA) is 26.3 Å². The van der Waals surface area contributed by atoms with Crippen molar-refractivity contribution in [3.8, 4) is 0 Å². The van der Waals surface area contributed by atoms with Crippen LogP contribution in [0.5, 0.6) is 0 Å². The Hall–Kier alpha value is 0.880. The van der Waals surface area contributed by atoms with Crippen LogP contribution in [0.3, 0.4) is 0 Å². The van der Waals surface area contributed by atoms with E-state index in [4.69, 9.17) is 4.74 Å². The Kier molecular flexibility index (Phi) is 9.28. The Morgan fingerprint density at radius 3 is 2.55 bits per heavy atom. The van der Waals surface area contributed by atoms with Crippen molar-refractivity contribution in [2.24, 2.45) is 0 Å². The number of rotatable bonds is 7. The molecule has 0 radical (unpaired) electrons. The zero-order valence-corrected chi connectivity index (χ0v) is 18.2. The smallest absolute Gasteiger partial charge is 0.339 e. The molecule has 0 saturated carbocycles. The lowest BCUT2D eigenvalue weighted by Crippen LogP contribution is -2.16. The molecule has 5 heteroatoms. The van der Waals surface area contributed by atoms with Crippen molar-refractivity contribution in [1.29, 1.82) is 0 Å². The molecule has 112 valence electrons. The summed E-state index contributed by atoms with van der Waals surface area (Å²) in [6.45, 7) is 4.18. The van der Waals surface area contributed by atoms with Gasteiger partial charge in [0, 0.05) is 10.7 Å². The Balaban J connectivity index is 2.58. The number of hydrogen-bond acceptors (Lipinski definition) is 2. The van der Waals surface area contributed by atoms with Crippen molar-refractivity contribution in [1.82, 2.24) is 0 Å². The van der Waals surface area contributed by atoms with Crippen LogP contribution in [-0.2, 0) is 4.74 Å². The number of esters is 1. The molecule has 0 saturated heterocycles. The molecule has 1 aromatic carbocycles. The summed E-state index contributed by atoms with van der Waals surface area (Å²) in [4.78, 5) is 12.2. The van der Waals surface area contributed by atoms with E-state index in [1.165, 1.54) is 19.3 Å². The lowest BCUT2D eigenvalue weighted by molar-refractivity contribution is 0.0318. The SMILES string of the molecule is CCCCCCC(C)OC(=O)c1cc(I)cc(I)c1I. The van der Waals surface area contributed by atoms with Crippen molar-refractivity contribution in [2.75, 3.05) is 0 Å². The van der Waals surface area contributed by atoms with E-state index in [1.54, 1.807) is 0 Å². The number of carbonyl (C=O) groups excluding carboxylic acids is 1. The molecule has 1 atom stereocenters. The van der Waals surface area contributed by atoms with Gasteiger partial charge in [-0.25, -0.2) is 4.79 Å². The van der Waals surface area contributed by atoms with Crippen molar-refractivity contribution < 1.29 is 9.53 Å². The van der Waals surface area contributed by atoms with Gasteiger partial charge in [0.2, 0.25) is 0 Å². The Labute approximate surface area is 162 Å². The van der Waals surface area contributed by atoms with Gasteiger partial charge >= 0.3 is 5.97 Å². The van der Waals surface area contributed by atoms with Gasteiger partial charge in [0.1, 0.15) is 0 Å². The maximum Gasteiger partial charge on any atom is 0.339 e. The molecule has 0 aromatic heterocycles. The molecule has 1 rings (SSSR count). The largest absolute Gasteiger partial charge is 0.459 e. The molecular weight excluding hydrogens is 593 g/mol. The molecule has 0 aliphatic heterocycles. The highest BCUT2D eigenvalue weighted by atomic mass is 127. The summed E-state index contributed by atoms with van der Waals surface area (Å²) in [5, 5.41) is 0. The van der Waals surface area contributed by atoms with Gasteiger partial charge in [0.05, 0.1) is 11.7 Å². The molecule has 0 fully saturated rings. The van der Waals surface area contributed by atoms with Crippen LogP contribution in [0.4, 0.5) is 0 Å². The zero-order chi connectivity index (χ0) is 15.1. The third-order valence-corrected chi connectivity index (χ3v) is 6.65. The minimum absolute atomic E-state index is 0.00863. The van der Waals surface area contributed by atoms with Gasteiger partial charge in [-0.3, -0.25) is 0 Å². The Bertz CT molecular complexity index is 461. The van der Waals surface area contributed by atoms with Crippen molar-refractivity contribution in [3.05, 3.63) is 28.4 Å². The molecular formula is C15H19I3O2. The summed E-state index contributed by atoms with van der Waals surface area (Å²) in [7, 11) is 0. The van der Waals surface area contributed by atoms with Crippen molar-refractivity contribution in [2.45, 2.75) is 52.1 Å². The lowest BCUT2D eigenvalue weighted by atomic mass is 10.1. The normalized spacial score (nSPS) is 12.2. The first-order chi connectivity index (χ1) is 9.45. The Morgan fingerprint density at radius 2 is 1.90 bits per heavy atom. The monoisotopic (exact) mass is 612 g/mol. The van der Waals surface area contributed by atoms with Crippen LogP contribution in [0.2, 0.25) is 0 Å². The highest BCUT2D eigenvalue weighted by Gasteiger charge is 2.17. The molecule has 0 heterocycles. The predicted molar refractivity (Wildman–Crippen MR) is 108 cm³/mol. The minimum atomic E-state index is -0.200. The van der Waals surface area contributed by atoms with Gasteiger partial charge in [-0.1, -0.05) is 26.2 Å². The molecule has 2 nitrogen and oxygen atoms in total. The lowest BCUT2D eigenvalue weighted by Gasteiger charge is -2.14. The summed E-state index contributed by atoms with van der Waals surface area (Å²) in [6, 6.07) is 3.96. The van der Waals surface area contributed by atoms with E-state index in [0.717, 1.165) is 23.6 Å². The molecule has 0 amide bonds. The number of benzene rings is 1. The van der Waals surface area contributed by atoms with Crippen LogP contribution in [0, 0.1) is 10.7 Å². The second kappa shape index (κ2) is 9.81. The maximum absolute atomic E-state index is 12.2. The zero-order valence-electron chi connectivity index (χ0n) is 11.7. The molecule has 20 heavy (non-hydrogen) atoms. The van der Waals surface area contributed by atoms with Crippen molar-refractivity contribution >= 4 is 73.7 Å². The molecule has 0 N–H and O–H groups in total. The average molecular weight is 612 g/mol. The summed E-state index contributed by atoms with van der Waals surface area (Å²) < 4.78 is 8.70. The van der Waals surface area contributed by atoms with Crippen LogP contribution in [-0.4, -0.2) is 12.1 Å². The van der Waals surface area contributed by atoms with E-state index < -0.39 is 0 Å². The third kappa shape index (κ3) is 6.33. The number of carbonyl (C=O) groups is 1. The van der Waals surface area contributed by atoms with E-state index in [-0.39, 0.29) is 12.1 Å². The second-order valence-corrected chi connectivity index (χ2v) is 8.30. The number of hydrogen-bond donors (Lipinski definition) is 0. The third-order valence-electron chi connectivity index (χ3n) is 2.99. The van der Waals surface area contributed by atoms with E-state index in [2.05, 4.69) is 80.8 Å². The molecule has 0 aliphatic carbocycles. The molecule has 1 unspecified atom stereocenters. The second-order valence-electron chi connectivity index (χ2n) is 4.81. The van der Waals surface area contributed by atoms with E-state index in [0.29, 0.717) is 5.56 Å². The van der Waals surface area contributed by atoms with Crippen LogP contribution < -0.4 is 0 Å². The van der Waals surface area contributed by atoms with Crippen LogP contribution in [0.1, 0.15) is 56.3 Å². The van der Waals surface area contributed by atoms with Crippen molar-refractivity contribution in [3.63, 3.8) is 0 Å². The molecule has 0 bridgehead atoms. The molecule has 0 spiro atoms. The van der Waals surface area contributed by atoms with Gasteiger partial charge in [0.15, 0.2) is 0 Å². The van der Waals surface area contributed by atoms with E-state index in [1.807, 2.05) is 13.0 Å². The maximum atomic E-state index is 12.2. The quantitative estimate of drug-likeness (QED) is 0.163. The van der Waals surface area contributed by atoms with Crippen LogP contribution >= 0.6 is 67.8 Å². The Morgan fingerprint density at radius 1 is 1.20 bits per heavy atom. The first kappa shape index (κ1) is 18.9. The highest BCUT2D eigenvalue weighted by molar-refractivity contribution is 14.1. The average Bonchev–Trinajstić information content (AvgIpc) is 2.38. The molecule has 0 aliphatic rings. The summed E-state index contributed by atoms with van der Waals surface area (Å²) in [6.07, 6.45) is 5.77. The summed E-state index contributed by atoms with van der Waals surface area (Å²) in [5.74, 6) is -0.200. The van der Waals surface area contributed by atoms with Crippen LogP contribution in [0.15, 0.2) is 12.1 Å². The number of ether oxygens (including phenoxy) is 1. The van der Waals surface area contributed by atoms with Crippen LogP contribution in [0.25, 0.3) is 0 Å². The predicted octanol–water partition coefficient (Wildman–Crippen LogP) is 6.02. The summed E-state index contributed by atoms with van der Waals surface area (Å²) >= 11 is 6.70. The first-order valence-electron chi connectivity index (χ1n) is 6.81. The standard InChI is InChI=1S/C15H19I3O2/c1-3-4-5-6-7-10(2)20-15(19)12-8-11(16)9-13(17)14(12)18/h8-10H,3-7H2,1-2H3. The van der Waals surface area contributed by atoms with Gasteiger partial charge in [0.25, 0.3) is 0 Å². The first-order valence-corrected chi connectivity index (χ1v) is 10.0. The highest BCUT2D eigenvalue weighted by Crippen LogP contribution is 2.24. The van der Waals surface area contributed by atoms with Gasteiger partial charge in [-0.2, -0.15) is 0 Å². The number of unbranched alkanes of at least 4 members (excludes halogenated alkanes) is 3. The summed E-state index contributed by atoms with van der Waals surface area (Å²) in [5.41, 5.74) is 0.683. The van der Waals surface area contributed by atoms with Gasteiger partial charge < -0.3 is 4.74 Å².